The summed E-state index contributed by atoms with van der Waals surface area (Å²) in [5.74, 6) is 0. The van der Waals surface area contributed by atoms with Gasteiger partial charge in [0.1, 0.15) is 0 Å². The van der Waals surface area contributed by atoms with Crippen LogP contribution in [0.1, 0.15) is 33.4 Å². The van der Waals surface area contributed by atoms with E-state index in [-0.39, 0.29) is 18.3 Å². The first-order valence-electron chi connectivity index (χ1n) is 7.27. The van der Waals surface area contributed by atoms with Gasteiger partial charge in [-0.25, -0.2) is 4.68 Å². The number of rotatable bonds is 2. The maximum atomic E-state index is 6.10. The van der Waals surface area contributed by atoms with Gasteiger partial charge in [0.2, 0.25) is 0 Å². The Morgan fingerprint density at radius 3 is 2.14 bits per heavy atom. The molecule has 1 aliphatic heterocycles. The molecule has 1 fully saturated rings. The Kier molecular flexibility index (Phi) is 3.22. The van der Waals surface area contributed by atoms with E-state index in [4.69, 9.17) is 9.31 Å². The maximum Gasteiger partial charge on any atom is 0.498 e. The molecule has 2 aromatic rings. The molecule has 2 heterocycles. The standard InChI is InChI=1S/C16H21BN2O2/c1-12-14(17-20-15(2,3)16(4,5)21-17)11-19(18-12)13-9-7-6-8-10-13/h6-11H,1-5H3. The van der Waals surface area contributed by atoms with Gasteiger partial charge in [-0.05, 0) is 46.8 Å². The third-order valence-electron chi connectivity index (χ3n) is 4.46. The smallest absolute Gasteiger partial charge is 0.399 e. The van der Waals surface area contributed by atoms with Gasteiger partial charge in [-0.15, -0.1) is 0 Å². The maximum absolute atomic E-state index is 6.10. The third-order valence-corrected chi connectivity index (χ3v) is 4.46. The van der Waals surface area contributed by atoms with Crippen molar-refractivity contribution in [3.05, 3.63) is 42.2 Å². The van der Waals surface area contributed by atoms with Crippen LogP contribution in [-0.4, -0.2) is 28.1 Å². The van der Waals surface area contributed by atoms with E-state index in [0.29, 0.717) is 0 Å². The number of hydrogen-bond acceptors (Lipinski definition) is 3. The molecule has 1 aliphatic rings. The highest BCUT2D eigenvalue weighted by Crippen LogP contribution is 2.36. The average molecular weight is 284 g/mol. The Morgan fingerprint density at radius 2 is 1.57 bits per heavy atom. The van der Waals surface area contributed by atoms with Crippen LogP contribution in [0.25, 0.3) is 5.69 Å². The Hall–Kier alpha value is -1.59. The quantitative estimate of drug-likeness (QED) is 0.795. The fourth-order valence-electron chi connectivity index (χ4n) is 2.39. The highest BCUT2D eigenvalue weighted by molar-refractivity contribution is 6.62. The van der Waals surface area contributed by atoms with E-state index in [1.165, 1.54) is 0 Å². The van der Waals surface area contributed by atoms with Gasteiger partial charge in [0.25, 0.3) is 0 Å². The summed E-state index contributed by atoms with van der Waals surface area (Å²) in [6, 6.07) is 10.1. The largest absolute Gasteiger partial charge is 0.498 e. The van der Waals surface area contributed by atoms with Crippen molar-refractivity contribution in [1.82, 2.24) is 9.78 Å². The molecule has 0 aliphatic carbocycles. The van der Waals surface area contributed by atoms with Gasteiger partial charge < -0.3 is 9.31 Å². The molecule has 0 atom stereocenters. The van der Waals surface area contributed by atoms with Gasteiger partial charge in [-0.1, -0.05) is 18.2 Å². The topological polar surface area (TPSA) is 36.3 Å². The minimum atomic E-state index is -0.368. The lowest BCUT2D eigenvalue weighted by molar-refractivity contribution is 0.00578. The van der Waals surface area contributed by atoms with E-state index < -0.39 is 0 Å². The first-order valence-corrected chi connectivity index (χ1v) is 7.27. The first kappa shape index (κ1) is 14.4. The minimum absolute atomic E-state index is 0.334. The predicted molar refractivity (Wildman–Crippen MR) is 84.0 cm³/mol. The number of aryl methyl sites for hydroxylation is 1. The lowest BCUT2D eigenvalue weighted by atomic mass is 9.79. The summed E-state index contributed by atoms with van der Waals surface area (Å²) in [7, 11) is -0.368. The van der Waals surface area contributed by atoms with E-state index in [0.717, 1.165) is 16.8 Å². The summed E-state index contributed by atoms with van der Waals surface area (Å²) in [5, 5.41) is 4.58. The molecule has 3 rings (SSSR count). The highest BCUT2D eigenvalue weighted by atomic mass is 16.7. The second-order valence-corrected chi connectivity index (χ2v) is 6.54. The lowest BCUT2D eigenvalue weighted by Crippen LogP contribution is -2.41. The van der Waals surface area contributed by atoms with E-state index in [9.17, 15) is 0 Å². The van der Waals surface area contributed by atoms with Crippen LogP contribution in [0.5, 0.6) is 0 Å². The zero-order valence-corrected chi connectivity index (χ0v) is 13.3. The molecular weight excluding hydrogens is 263 g/mol. The molecule has 0 bridgehead atoms. The number of benzene rings is 1. The van der Waals surface area contributed by atoms with Crippen LogP contribution in [0, 0.1) is 6.92 Å². The Balaban J connectivity index is 1.93. The van der Waals surface area contributed by atoms with Gasteiger partial charge in [-0.3, -0.25) is 0 Å². The van der Waals surface area contributed by atoms with Crippen molar-refractivity contribution in [3.63, 3.8) is 0 Å². The Labute approximate surface area is 126 Å². The van der Waals surface area contributed by atoms with Gasteiger partial charge in [0.05, 0.1) is 22.6 Å². The van der Waals surface area contributed by atoms with Gasteiger partial charge in [0.15, 0.2) is 0 Å². The summed E-state index contributed by atoms with van der Waals surface area (Å²) in [6.45, 7) is 10.2. The molecule has 21 heavy (non-hydrogen) atoms. The van der Waals surface area contributed by atoms with Crippen LogP contribution in [-0.2, 0) is 9.31 Å². The number of para-hydroxylation sites is 1. The van der Waals surface area contributed by atoms with Crippen molar-refractivity contribution in [2.24, 2.45) is 0 Å². The van der Waals surface area contributed by atoms with Crippen molar-refractivity contribution >= 4 is 12.6 Å². The molecule has 0 spiro atoms. The molecule has 110 valence electrons. The van der Waals surface area contributed by atoms with Crippen LogP contribution in [0.15, 0.2) is 36.5 Å². The fourth-order valence-corrected chi connectivity index (χ4v) is 2.39. The van der Waals surface area contributed by atoms with Crippen molar-refractivity contribution < 1.29 is 9.31 Å². The third kappa shape index (κ3) is 2.41. The molecule has 0 radical (unpaired) electrons. The van der Waals surface area contributed by atoms with Crippen LogP contribution >= 0.6 is 0 Å². The second-order valence-electron chi connectivity index (χ2n) is 6.54. The summed E-state index contributed by atoms with van der Waals surface area (Å²) >= 11 is 0. The molecule has 4 nitrogen and oxygen atoms in total. The summed E-state index contributed by atoms with van der Waals surface area (Å²) in [4.78, 5) is 0. The van der Waals surface area contributed by atoms with Crippen LogP contribution in [0.4, 0.5) is 0 Å². The summed E-state index contributed by atoms with van der Waals surface area (Å²) in [6.07, 6.45) is 1.99. The van der Waals surface area contributed by atoms with Crippen molar-refractivity contribution in [1.29, 1.82) is 0 Å². The zero-order valence-electron chi connectivity index (χ0n) is 13.3. The summed E-state index contributed by atoms with van der Waals surface area (Å²) in [5.41, 5.74) is 2.27. The van der Waals surface area contributed by atoms with Gasteiger partial charge >= 0.3 is 7.12 Å². The predicted octanol–water partition coefficient (Wildman–Crippen LogP) is 2.48. The van der Waals surface area contributed by atoms with Gasteiger partial charge in [-0.2, -0.15) is 5.10 Å². The molecular formula is C16H21BN2O2. The van der Waals surface area contributed by atoms with E-state index in [1.807, 2.05) is 48.1 Å². The average Bonchev–Trinajstić information content (AvgIpc) is 2.89. The Bertz CT molecular complexity index is 634. The normalized spacial score (nSPS) is 20.0. The van der Waals surface area contributed by atoms with Crippen molar-refractivity contribution in [2.45, 2.75) is 45.8 Å². The molecule has 0 amide bonds. The molecule has 1 aromatic carbocycles. The molecule has 1 saturated heterocycles. The van der Waals surface area contributed by atoms with Crippen LogP contribution < -0.4 is 5.46 Å². The molecule has 0 saturated carbocycles. The highest BCUT2D eigenvalue weighted by Gasteiger charge is 2.52. The lowest BCUT2D eigenvalue weighted by Gasteiger charge is -2.32. The second kappa shape index (κ2) is 4.72. The van der Waals surface area contributed by atoms with Crippen LogP contribution in [0.3, 0.4) is 0 Å². The molecule has 0 unspecified atom stereocenters. The van der Waals surface area contributed by atoms with Crippen molar-refractivity contribution in [2.75, 3.05) is 0 Å². The van der Waals surface area contributed by atoms with E-state index in [2.05, 4.69) is 32.8 Å². The fraction of sp³-hybridized carbons (Fsp3) is 0.438. The van der Waals surface area contributed by atoms with Gasteiger partial charge in [0, 0.05) is 11.7 Å². The van der Waals surface area contributed by atoms with E-state index in [1.54, 1.807) is 0 Å². The number of aromatic nitrogens is 2. The minimum Gasteiger partial charge on any atom is -0.399 e. The summed E-state index contributed by atoms with van der Waals surface area (Å²) < 4.78 is 14.1. The molecule has 1 aromatic heterocycles. The monoisotopic (exact) mass is 284 g/mol. The number of hydrogen-bond donors (Lipinski definition) is 0. The van der Waals surface area contributed by atoms with E-state index >= 15 is 0 Å². The van der Waals surface area contributed by atoms with Crippen LogP contribution in [0.2, 0.25) is 0 Å². The molecule has 5 heteroatoms. The first-order chi connectivity index (χ1) is 9.80. The zero-order chi connectivity index (χ0) is 15.3. The SMILES string of the molecule is Cc1nn(-c2ccccc2)cc1B1OC(C)(C)C(C)(C)O1. The number of nitrogens with zero attached hydrogens (tertiary/aromatic N) is 2. The molecule has 0 N–H and O–H groups in total. The van der Waals surface area contributed by atoms with Crippen molar-refractivity contribution in [3.8, 4) is 5.69 Å². The Morgan fingerprint density at radius 1 is 1.00 bits per heavy atom.